The lowest BCUT2D eigenvalue weighted by Crippen LogP contribution is -2.22. The Bertz CT molecular complexity index is 768. The first kappa shape index (κ1) is 16.7. The summed E-state index contributed by atoms with van der Waals surface area (Å²) in [5.74, 6) is -0.543. The molecular formula is C17H14BrN3O2. The van der Waals surface area contributed by atoms with Crippen LogP contribution in [-0.2, 0) is 11.3 Å². The maximum absolute atomic E-state index is 12.3. The van der Waals surface area contributed by atoms with Gasteiger partial charge >= 0.3 is 0 Å². The van der Waals surface area contributed by atoms with Crippen molar-refractivity contribution in [2.45, 2.75) is 13.0 Å². The van der Waals surface area contributed by atoms with Crippen molar-refractivity contribution in [1.82, 2.24) is 5.32 Å². The van der Waals surface area contributed by atoms with Crippen LogP contribution in [0.15, 0.2) is 53.0 Å². The largest absolute Gasteiger partial charge is 0.351 e. The summed E-state index contributed by atoms with van der Waals surface area (Å²) in [6.07, 6.45) is -0.168. The van der Waals surface area contributed by atoms with E-state index in [0.29, 0.717) is 17.8 Å². The lowest BCUT2D eigenvalue weighted by molar-refractivity contribution is -0.120. The van der Waals surface area contributed by atoms with E-state index in [1.165, 1.54) is 0 Å². The average molecular weight is 372 g/mol. The molecule has 2 N–H and O–H groups in total. The zero-order valence-corrected chi connectivity index (χ0v) is 13.8. The minimum absolute atomic E-state index is 0.168. The first-order valence-electron chi connectivity index (χ1n) is 6.88. The molecule has 0 atom stereocenters. The summed E-state index contributed by atoms with van der Waals surface area (Å²) in [4.78, 5) is 23.5. The van der Waals surface area contributed by atoms with E-state index in [1.54, 1.807) is 42.5 Å². The number of nitriles is 1. The van der Waals surface area contributed by atoms with Gasteiger partial charge in [-0.2, -0.15) is 5.26 Å². The number of rotatable bonds is 5. The lowest BCUT2D eigenvalue weighted by atomic mass is 10.1. The van der Waals surface area contributed by atoms with E-state index >= 15 is 0 Å². The van der Waals surface area contributed by atoms with Crippen molar-refractivity contribution in [2.75, 3.05) is 5.32 Å². The molecule has 0 aromatic heterocycles. The van der Waals surface area contributed by atoms with Gasteiger partial charge in [-0.3, -0.25) is 9.59 Å². The summed E-state index contributed by atoms with van der Waals surface area (Å²) in [5, 5.41) is 13.9. The molecular weight excluding hydrogens is 358 g/mol. The molecule has 0 saturated heterocycles. The maximum Gasteiger partial charge on any atom is 0.256 e. The molecule has 2 aromatic rings. The number of anilines is 1. The van der Waals surface area contributed by atoms with Gasteiger partial charge in [0.1, 0.15) is 6.42 Å². The van der Waals surface area contributed by atoms with Crippen molar-refractivity contribution in [3.8, 4) is 6.07 Å². The molecule has 0 aliphatic carbocycles. The maximum atomic E-state index is 12.3. The number of halogens is 1. The number of benzene rings is 2. The van der Waals surface area contributed by atoms with Crippen LogP contribution >= 0.6 is 15.9 Å². The molecule has 0 spiro atoms. The molecule has 0 aliphatic rings. The fourth-order valence-electron chi connectivity index (χ4n) is 1.94. The summed E-state index contributed by atoms with van der Waals surface area (Å²) in [6, 6.07) is 16.1. The smallest absolute Gasteiger partial charge is 0.256 e. The van der Waals surface area contributed by atoms with Gasteiger partial charge in [0.05, 0.1) is 11.6 Å². The number of hydrogen-bond donors (Lipinski definition) is 2. The van der Waals surface area contributed by atoms with Crippen molar-refractivity contribution in [3.05, 3.63) is 64.1 Å². The Morgan fingerprint density at radius 3 is 2.65 bits per heavy atom. The second kappa shape index (κ2) is 8.11. The summed E-state index contributed by atoms with van der Waals surface area (Å²) in [7, 11) is 0. The number of amides is 2. The molecule has 116 valence electrons. The monoisotopic (exact) mass is 371 g/mol. The molecule has 2 rings (SSSR count). The van der Waals surface area contributed by atoms with Gasteiger partial charge in [0, 0.05) is 16.7 Å². The Morgan fingerprint density at radius 1 is 1.13 bits per heavy atom. The van der Waals surface area contributed by atoms with Gasteiger partial charge in [0.15, 0.2) is 0 Å². The first-order chi connectivity index (χ1) is 11.1. The van der Waals surface area contributed by atoms with Crippen molar-refractivity contribution in [3.63, 3.8) is 0 Å². The minimum Gasteiger partial charge on any atom is -0.351 e. The molecule has 0 saturated carbocycles. The summed E-state index contributed by atoms with van der Waals surface area (Å²) in [6.45, 7) is 0.305. The number of carbonyl (C=O) groups excluding carboxylic acids is 2. The zero-order valence-electron chi connectivity index (χ0n) is 12.2. The van der Waals surface area contributed by atoms with Crippen LogP contribution in [0.3, 0.4) is 0 Å². The minimum atomic E-state index is -0.324. The second-order valence-corrected chi connectivity index (χ2v) is 5.60. The standard InChI is InChI=1S/C17H14BrN3O2/c18-15-7-2-1-6-14(15)17(23)21-13-5-3-4-12(10-13)11-20-16(22)8-9-19/h1-7,10H,8,11H2,(H,20,22)(H,21,23). The molecule has 6 heteroatoms. The number of hydrogen-bond acceptors (Lipinski definition) is 3. The number of carbonyl (C=O) groups is 2. The molecule has 23 heavy (non-hydrogen) atoms. The van der Waals surface area contributed by atoms with Gasteiger partial charge in [-0.1, -0.05) is 24.3 Å². The van der Waals surface area contributed by atoms with Gasteiger partial charge in [-0.15, -0.1) is 0 Å². The van der Waals surface area contributed by atoms with Gasteiger partial charge in [0.25, 0.3) is 5.91 Å². The third-order valence-electron chi connectivity index (χ3n) is 3.03. The highest BCUT2D eigenvalue weighted by molar-refractivity contribution is 9.10. The predicted molar refractivity (Wildman–Crippen MR) is 90.6 cm³/mol. The number of nitrogens with one attached hydrogen (secondary N) is 2. The predicted octanol–water partition coefficient (Wildman–Crippen LogP) is 3.23. The van der Waals surface area contributed by atoms with Gasteiger partial charge in [-0.25, -0.2) is 0 Å². The van der Waals surface area contributed by atoms with Gasteiger partial charge in [0.2, 0.25) is 5.91 Å². The van der Waals surface area contributed by atoms with Crippen LogP contribution in [0.1, 0.15) is 22.3 Å². The third-order valence-corrected chi connectivity index (χ3v) is 3.72. The third kappa shape index (κ3) is 4.94. The Kier molecular flexibility index (Phi) is 5.89. The molecule has 0 unspecified atom stereocenters. The second-order valence-electron chi connectivity index (χ2n) is 4.75. The molecule has 0 radical (unpaired) electrons. The molecule has 0 bridgehead atoms. The zero-order chi connectivity index (χ0) is 16.7. The summed E-state index contributed by atoms with van der Waals surface area (Å²) < 4.78 is 0.720. The van der Waals surface area contributed by atoms with E-state index in [9.17, 15) is 9.59 Å². The molecule has 5 nitrogen and oxygen atoms in total. The van der Waals surface area contributed by atoms with Gasteiger partial charge < -0.3 is 10.6 Å². The quantitative estimate of drug-likeness (QED) is 0.846. The highest BCUT2D eigenvalue weighted by Crippen LogP contribution is 2.18. The van der Waals surface area contributed by atoms with Crippen LogP contribution in [0.2, 0.25) is 0 Å². The van der Waals surface area contributed by atoms with Crippen LogP contribution in [0, 0.1) is 11.3 Å². The van der Waals surface area contributed by atoms with Crippen molar-refractivity contribution < 1.29 is 9.59 Å². The topological polar surface area (TPSA) is 82.0 Å². The Labute approximate surface area is 142 Å². The van der Waals surface area contributed by atoms with E-state index in [4.69, 9.17) is 5.26 Å². The fourth-order valence-corrected chi connectivity index (χ4v) is 2.40. The lowest BCUT2D eigenvalue weighted by Gasteiger charge is -2.09. The molecule has 0 aliphatic heterocycles. The highest BCUT2D eigenvalue weighted by Gasteiger charge is 2.09. The van der Waals surface area contributed by atoms with Crippen molar-refractivity contribution in [1.29, 1.82) is 5.26 Å². The number of nitrogens with zero attached hydrogens (tertiary/aromatic N) is 1. The molecule has 2 amide bonds. The van der Waals surface area contributed by atoms with Crippen LogP contribution in [0.25, 0.3) is 0 Å². The van der Waals surface area contributed by atoms with Crippen LogP contribution in [0.5, 0.6) is 0 Å². The Hall–Kier alpha value is -2.65. The van der Waals surface area contributed by atoms with E-state index in [-0.39, 0.29) is 18.2 Å². The normalized spacial score (nSPS) is 9.74. The molecule has 0 fully saturated rings. The molecule has 2 aromatic carbocycles. The van der Waals surface area contributed by atoms with Crippen molar-refractivity contribution in [2.24, 2.45) is 0 Å². The summed E-state index contributed by atoms with van der Waals surface area (Å²) in [5.41, 5.74) is 2.01. The summed E-state index contributed by atoms with van der Waals surface area (Å²) >= 11 is 3.35. The van der Waals surface area contributed by atoms with E-state index in [0.717, 1.165) is 10.0 Å². The van der Waals surface area contributed by atoms with Crippen molar-refractivity contribution >= 4 is 33.4 Å². The Balaban J connectivity index is 2.03. The van der Waals surface area contributed by atoms with Crippen LogP contribution in [0.4, 0.5) is 5.69 Å². The van der Waals surface area contributed by atoms with Crippen LogP contribution < -0.4 is 10.6 Å². The van der Waals surface area contributed by atoms with E-state index in [2.05, 4.69) is 26.6 Å². The van der Waals surface area contributed by atoms with E-state index in [1.807, 2.05) is 12.1 Å². The average Bonchev–Trinajstić information content (AvgIpc) is 2.54. The Morgan fingerprint density at radius 2 is 1.91 bits per heavy atom. The molecule has 0 heterocycles. The first-order valence-corrected chi connectivity index (χ1v) is 7.68. The SMILES string of the molecule is N#CCC(=O)NCc1cccc(NC(=O)c2ccccc2Br)c1. The van der Waals surface area contributed by atoms with Crippen LogP contribution in [-0.4, -0.2) is 11.8 Å². The fraction of sp³-hybridized carbons (Fsp3) is 0.118. The highest BCUT2D eigenvalue weighted by atomic mass is 79.9. The van der Waals surface area contributed by atoms with Gasteiger partial charge in [-0.05, 0) is 45.8 Å². The van der Waals surface area contributed by atoms with E-state index < -0.39 is 0 Å².